The number of phenols is 1. The number of carbonyl (C=O) groups is 2. The third-order valence-corrected chi connectivity index (χ3v) is 7.36. The number of ketones is 1. The predicted molar refractivity (Wildman–Crippen MR) is 116 cm³/mol. The van der Waals surface area contributed by atoms with Crippen LogP contribution in [0.15, 0.2) is 64.1 Å². The molecule has 2 atom stereocenters. The van der Waals surface area contributed by atoms with E-state index in [1.807, 2.05) is 43.3 Å². The second-order valence-corrected chi connectivity index (χ2v) is 9.07. The Morgan fingerprint density at radius 1 is 1.21 bits per heavy atom. The van der Waals surface area contributed by atoms with E-state index in [4.69, 9.17) is 4.74 Å². The Labute approximate surface area is 177 Å². The Balaban J connectivity index is 1.60. The maximum atomic E-state index is 12.7. The summed E-state index contributed by atoms with van der Waals surface area (Å²) in [6.07, 6.45) is 2.12. The fourth-order valence-electron chi connectivity index (χ4n) is 3.36. The highest BCUT2D eigenvalue weighted by atomic mass is 32.2. The summed E-state index contributed by atoms with van der Waals surface area (Å²) in [5.41, 5.74) is 1.66. The van der Waals surface area contributed by atoms with Crippen molar-refractivity contribution in [3.63, 3.8) is 0 Å². The van der Waals surface area contributed by atoms with E-state index in [0.717, 1.165) is 17.3 Å². The van der Waals surface area contributed by atoms with Crippen molar-refractivity contribution in [2.75, 3.05) is 7.11 Å². The number of Topliss-reactive ketones (excluding diaryl/α,β-unsaturated/α-hetero) is 1. The van der Waals surface area contributed by atoms with Gasteiger partial charge in [-0.15, -0.1) is 11.8 Å². The van der Waals surface area contributed by atoms with Gasteiger partial charge in [0.05, 0.1) is 17.6 Å². The predicted octanol–water partition coefficient (Wildman–Crippen LogP) is 4.69. The summed E-state index contributed by atoms with van der Waals surface area (Å²) in [5, 5.41) is 10.6. The van der Waals surface area contributed by atoms with E-state index in [2.05, 4.69) is 4.99 Å². The number of hydrogen-bond acceptors (Lipinski definition) is 7. The maximum Gasteiger partial charge on any atom is 0.243 e. The van der Waals surface area contributed by atoms with Crippen LogP contribution in [0, 0.1) is 5.92 Å². The monoisotopic (exact) mass is 425 g/mol. The van der Waals surface area contributed by atoms with Crippen molar-refractivity contribution >= 4 is 39.5 Å². The first-order valence-electron chi connectivity index (χ1n) is 9.16. The fourth-order valence-corrected chi connectivity index (χ4v) is 5.58. The van der Waals surface area contributed by atoms with Crippen LogP contribution in [-0.4, -0.2) is 33.4 Å². The Morgan fingerprint density at radius 3 is 2.69 bits per heavy atom. The van der Waals surface area contributed by atoms with Crippen molar-refractivity contribution in [1.29, 1.82) is 0 Å². The highest BCUT2D eigenvalue weighted by Crippen LogP contribution is 2.47. The first-order chi connectivity index (χ1) is 14.0. The number of phenolic OH excluding ortho intramolecular Hbond substituents is 1. The van der Waals surface area contributed by atoms with Crippen molar-refractivity contribution in [1.82, 2.24) is 0 Å². The van der Waals surface area contributed by atoms with Crippen LogP contribution >= 0.6 is 23.5 Å². The third kappa shape index (κ3) is 3.84. The minimum atomic E-state index is -0.119. The number of rotatable bonds is 4. The van der Waals surface area contributed by atoms with Crippen molar-refractivity contribution in [2.45, 2.75) is 23.5 Å². The van der Waals surface area contributed by atoms with Gasteiger partial charge in [0, 0.05) is 17.2 Å². The Kier molecular flexibility index (Phi) is 5.52. The van der Waals surface area contributed by atoms with Gasteiger partial charge in [-0.25, -0.2) is 4.99 Å². The average molecular weight is 426 g/mol. The molecule has 4 rings (SSSR count). The molecule has 0 radical (unpaired) electrons. The second-order valence-electron chi connectivity index (χ2n) is 6.86. The molecule has 7 heteroatoms. The smallest absolute Gasteiger partial charge is 0.243 e. The number of ether oxygens (including phenoxy) is 1. The van der Waals surface area contributed by atoms with Crippen molar-refractivity contribution in [3.05, 3.63) is 65.4 Å². The van der Waals surface area contributed by atoms with E-state index in [-0.39, 0.29) is 34.2 Å². The summed E-state index contributed by atoms with van der Waals surface area (Å²) in [6, 6.07) is 12.7. The van der Waals surface area contributed by atoms with Crippen LogP contribution in [-0.2, 0) is 4.79 Å². The number of nitrogens with zero attached hydrogens (tertiary/aromatic N) is 1. The molecule has 29 heavy (non-hydrogen) atoms. The van der Waals surface area contributed by atoms with Gasteiger partial charge in [-0.2, -0.15) is 0 Å². The molecule has 0 spiro atoms. The zero-order valence-electron chi connectivity index (χ0n) is 15.9. The first-order valence-corrected chi connectivity index (χ1v) is 10.9. The quantitative estimate of drug-likeness (QED) is 0.717. The van der Waals surface area contributed by atoms with Crippen LogP contribution in [0.1, 0.15) is 29.3 Å². The maximum absolute atomic E-state index is 12.7. The molecule has 0 aromatic heterocycles. The number of aromatic hydroxyl groups is 1. The number of methoxy groups -OCH3 is 1. The summed E-state index contributed by atoms with van der Waals surface area (Å²) in [7, 11) is 1.54. The van der Waals surface area contributed by atoms with Crippen molar-refractivity contribution in [2.24, 2.45) is 10.9 Å². The summed E-state index contributed by atoms with van der Waals surface area (Å²) < 4.78 is 5.38. The molecular formula is C22H19NO4S2. The molecular weight excluding hydrogens is 406 g/mol. The molecule has 0 saturated carbocycles. The van der Waals surface area contributed by atoms with E-state index in [1.54, 1.807) is 13.2 Å². The summed E-state index contributed by atoms with van der Waals surface area (Å²) in [4.78, 5) is 30.3. The van der Waals surface area contributed by atoms with E-state index in [0.29, 0.717) is 26.9 Å². The minimum Gasteiger partial charge on any atom is -0.507 e. The number of thioether (sulfide) groups is 2. The lowest BCUT2D eigenvalue weighted by Crippen LogP contribution is -2.23. The number of fused-ring (bicyclic) bond motifs is 1. The Hall–Kier alpha value is -2.51. The van der Waals surface area contributed by atoms with Crippen LogP contribution in [0.3, 0.4) is 0 Å². The van der Waals surface area contributed by atoms with E-state index in [9.17, 15) is 14.7 Å². The van der Waals surface area contributed by atoms with Crippen LogP contribution in [0.25, 0.3) is 0 Å². The molecule has 2 aliphatic heterocycles. The lowest BCUT2D eigenvalue weighted by Gasteiger charge is -2.28. The average Bonchev–Trinajstić information content (AvgIpc) is 3.09. The van der Waals surface area contributed by atoms with Crippen LogP contribution in [0.5, 0.6) is 11.5 Å². The van der Waals surface area contributed by atoms with Gasteiger partial charge >= 0.3 is 0 Å². The van der Waals surface area contributed by atoms with E-state index < -0.39 is 0 Å². The second kappa shape index (κ2) is 8.08. The summed E-state index contributed by atoms with van der Waals surface area (Å²) >= 11 is 2.63. The fraction of sp³-hybridized carbons (Fsp3) is 0.227. The van der Waals surface area contributed by atoms with Gasteiger partial charge < -0.3 is 9.84 Å². The van der Waals surface area contributed by atoms with Gasteiger partial charge in [0.15, 0.2) is 5.78 Å². The zero-order chi connectivity index (χ0) is 20.5. The first kappa shape index (κ1) is 19.8. The number of allylic oxidation sites excluding steroid dienone is 1. The van der Waals surface area contributed by atoms with Gasteiger partial charge in [0.1, 0.15) is 22.2 Å². The molecule has 0 aliphatic carbocycles. The minimum absolute atomic E-state index is 0.0257. The standard InChI is InChI=1S/C22H19NO4S2/c1-12(10-14-22(26)29-21(23-14)13-6-4-3-5-7-13)18-11-16(25)19-15(24)8-9-17(27-2)20(19)28-18/h3-10,12,18,24H,11H2,1-2H3. The van der Waals surface area contributed by atoms with Gasteiger partial charge in [0.2, 0.25) is 5.12 Å². The number of hydrogen-bond donors (Lipinski definition) is 1. The molecule has 2 heterocycles. The van der Waals surface area contributed by atoms with Crippen molar-refractivity contribution in [3.8, 4) is 11.5 Å². The van der Waals surface area contributed by atoms with E-state index >= 15 is 0 Å². The largest absolute Gasteiger partial charge is 0.507 e. The van der Waals surface area contributed by atoms with Gasteiger partial charge in [-0.05, 0) is 29.8 Å². The summed E-state index contributed by atoms with van der Waals surface area (Å²) in [6.45, 7) is 1.98. The molecule has 1 N–H and O–H groups in total. The van der Waals surface area contributed by atoms with Gasteiger partial charge in [-0.3, -0.25) is 9.59 Å². The lowest BCUT2D eigenvalue weighted by atomic mass is 9.97. The lowest BCUT2D eigenvalue weighted by molar-refractivity contribution is -0.107. The van der Waals surface area contributed by atoms with Gasteiger partial charge in [-0.1, -0.05) is 43.3 Å². The van der Waals surface area contributed by atoms with Gasteiger partial charge in [0.25, 0.3) is 0 Å². The molecule has 2 unspecified atom stereocenters. The summed E-state index contributed by atoms with van der Waals surface area (Å²) in [5.74, 6) is 0.355. The highest BCUT2D eigenvalue weighted by molar-refractivity contribution is 8.27. The molecule has 0 bridgehead atoms. The molecule has 0 amide bonds. The Morgan fingerprint density at radius 2 is 1.97 bits per heavy atom. The number of benzene rings is 2. The molecule has 2 aromatic carbocycles. The third-order valence-electron chi connectivity index (χ3n) is 4.90. The topological polar surface area (TPSA) is 76.0 Å². The molecule has 2 aromatic rings. The van der Waals surface area contributed by atoms with Crippen LogP contribution in [0.4, 0.5) is 0 Å². The van der Waals surface area contributed by atoms with E-state index in [1.165, 1.54) is 17.8 Å². The zero-order valence-corrected chi connectivity index (χ0v) is 17.5. The molecule has 0 saturated heterocycles. The van der Waals surface area contributed by atoms with Crippen LogP contribution in [0.2, 0.25) is 0 Å². The number of aliphatic imine (C=N–C) groups is 1. The molecule has 148 valence electrons. The molecule has 5 nitrogen and oxygen atoms in total. The normalized spacial score (nSPS) is 21.1. The van der Waals surface area contributed by atoms with Crippen molar-refractivity contribution < 1.29 is 19.4 Å². The molecule has 0 fully saturated rings. The Bertz CT molecular complexity index is 1050. The number of carbonyl (C=O) groups excluding carboxylic acids is 2. The highest BCUT2D eigenvalue weighted by Gasteiger charge is 2.34. The molecule has 2 aliphatic rings. The SMILES string of the molecule is COc1ccc(O)c2c1SC(C(C)C=C1N=C(c3ccccc3)SC1=O)CC2=O. The van der Waals surface area contributed by atoms with Crippen LogP contribution < -0.4 is 4.74 Å².